The molecule has 0 saturated carbocycles. The van der Waals surface area contributed by atoms with Crippen molar-refractivity contribution in [3.63, 3.8) is 0 Å². The first-order chi connectivity index (χ1) is 7.85. The van der Waals surface area contributed by atoms with Crippen LogP contribution in [0.4, 0.5) is 0 Å². The largest absolute Gasteiger partial charge is 0.494 e. The monoisotopic (exact) mass is 220 g/mol. The highest BCUT2D eigenvalue weighted by Crippen LogP contribution is 2.26. The Morgan fingerprint density at radius 3 is 2.50 bits per heavy atom. The van der Waals surface area contributed by atoms with Crippen molar-refractivity contribution in [1.29, 1.82) is 0 Å². The van der Waals surface area contributed by atoms with E-state index in [2.05, 4.69) is 34.9 Å². The minimum absolute atomic E-state index is 0.455. The number of ether oxygens (including phenoxy) is 1. The molecule has 88 valence electrons. The molecule has 1 aromatic rings. The fraction of sp³-hybridized carbons (Fsp3) is 0.538. The maximum atomic E-state index is 5.44. The number of benzene rings is 1. The second-order valence-electron chi connectivity index (χ2n) is 4.19. The summed E-state index contributed by atoms with van der Waals surface area (Å²) in [6.45, 7) is 4.95. The van der Waals surface area contributed by atoms with Crippen LogP contribution in [0.15, 0.2) is 24.3 Å². The van der Waals surface area contributed by atoms with E-state index < -0.39 is 0 Å². The highest BCUT2D eigenvalue weighted by Gasteiger charge is 2.26. The normalized spacial score (nSPS) is 17.9. The molecule has 0 amide bonds. The minimum atomic E-state index is 0.455. The molecule has 1 aliphatic rings. The fourth-order valence-electron chi connectivity index (χ4n) is 2.16. The molecule has 0 bridgehead atoms. The zero-order valence-electron chi connectivity index (χ0n) is 9.99. The molecule has 1 aromatic carbocycles. The molecular weight excluding hydrogens is 200 g/mol. The van der Waals surface area contributed by atoms with E-state index >= 15 is 0 Å². The van der Waals surface area contributed by atoms with Gasteiger partial charge in [0, 0.05) is 25.0 Å². The molecule has 1 heterocycles. The van der Waals surface area contributed by atoms with Crippen LogP contribution in [0.1, 0.15) is 18.5 Å². The molecule has 16 heavy (non-hydrogen) atoms. The Labute approximate surface area is 97.2 Å². The summed E-state index contributed by atoms with van der Waals surface area (Å²) in [4.78, 5) is 0. The minimum Gasteiger partial charge on any atom is -0.494 e. The third-order valence-corrected chi connectivity index (χ3v) is 3.15. The van der Waals surface area contributed by atoms with E-state index in [0.29, 0.717) is 12.0 Å². The van der Waals surface area contributed by atoms with Gasteiger partial charge >= 0.3 is 0 Å². The van der Waals surface area contributed by atoms with Crippen LogP contribution in [0.2, 0.25) is 0 Å². The molecule has 2 N–H and O–H groups in total. The maximum Gasteiger partial charge on any atom is 0.119 e. The lowest BCUT2D eigenvalue weighted by molar-refractivity contribution is 0.267. The number of hydrogen-bond donors (Lipinski definition) is 2. The molecule has 0 radical (unpaired) electrons. The average Bonchev–Trinajstić information content (AvgIpc) is 2.25. The van der Waals surface area contributed by atoms with Gasteiger partial charge in [-0.1, -0.05) is 12.1 Å². The molecule has 0 aliphatic carbocycles. The number of hydrogen-bond acceptors (Lipinski definition) is 3. The van der Waals surface area contributed by atoms with Crippen molar-refractivity contribution in [2.75, 3.05) is 26.7 Å². The van der Waals surface area contributed by atoms with Gasteiger partial charge in [-0.05, 0) is 31.7 Å². The third-order valence-electron chi connectivity index (χ3n) is 3.15. The molecule has 1 aliphatic heterocycles. The smallest absolute Gasteiger partial charge is 0.119 e. The van der Waals surface area contributed by atoms with E-state index in [1.54, 1.807) is 0 Å². The van der Waals surface area contributed by atoms with Gasteiger partial charge in [-0.25, -0.2) is 0 Å². The molecule has 1 fully saturated rings. The van der Waals surface area contributed by atoms with Gasteiger partial charge in [0.15, 0.2) is 0 Å². The van der Waals surface area contributed by atoms with Crippen molar-refractivity contribution in [2.24, 2.45) is 5.92 Å². The highest BCUT2D eigenvalue weighted by atomic mass is 16.5. The summed E-state index contributed by atoms with van der Waals surface area (Å²) in [5.41, 5.74) is 1.34. The standard InChI is InChI=1S/C13H20N2O/c1-3-16-12-6-4-10(5-7-12)13(14-2)11-8-15-9-11/h4-7,11,13-15H,3,8-9H2,1-2H3. The second-order valence-corrected chi connectivity index (χ2v) is 4.19. The summed E-state index contributed by atoms with van der Waals surface area (Å²) in [5, 5.41) is 6.70. The Kier molecular flexibility index (Phi) is 3.80. The van der Waals surface area contributed by atoms with Crippen LogP contribution in [0.3, 0.4) is 0 Å². The van der Waals surface area contributed by atoms with Gasteiger partial charge in [-0.2, -0.15) is 0 Å². The van der Waals surface area contributed by atoms with Crippen LogP contribution < -0.4 is 15.4 Å². The SMILES string of the molecule is CCOc1ccc(C(NC)C2CNC2)cc1. The van der Waals surface area contributed by atoms with Gasteiger partial charge in [0.2, 0.25) is 0 Å². The molecule has 0 spiro atoms. The Bertz CT molecular complexity index is 319. The van der Waals surface area contributed by atoms with Crippen molar-refractivity contribution in [3.05, 3.63) is 29.8 Å². The van der Waals surface area contributed by atoms with Crippen LogP contribution in [0.25, 0.3) is 0 Å². The average molecular weight is 220 g/mol. The Morgan fingerprint density at radius 1 is 1.38 bits per heavy atom. The Balaban J connectivity index is 2.06. The van der Waals surface area contributed by atoms with Crippen LogP contribution in [-0.2, 0) is 0 Å². The molecule has 1 unspecified atom stereocenters. The molecule has 3 heteroatoms. The van der Waals surface area contributed by atoms with Crippen molar-refractivity contribution < 1.29 is 4.74 Å². The van der Waals surface area contributed by atoms with Crippen molar-refractivity contribution in [2.45, 2.75) is 13.0 Å². The Hall–Kier alpha value is -1.06. The molecular formula is C13H20N2O. The zero-order chi connectivity index (χ0) is 11.4. The first-order valence-electron chi connectivity index (χ1n) is 5.96. The van der Waals surface area contributed by atoms with Gasteiger partial charge in [0.25, 0.3) is 0 Å². The molecule has 0 aromatic heterocycles. The quantitative estimate of drug-likeness (QED) is 0.790. The zero-order valence-corrected chi connectivity index (χ0v) is 9.99. The van der Waals surface area contributed by atoms with Crippen LogP contribution in [0.5, 0.6) is 5.75 Å². The van der Waals surface area contributed by atoms with Crippen LogP contribution >= 0.6 is 0 Å². The lowest BCUT2D eigenvalue weighted by Crippen LogP contribution is -2.48. The summed E-state index contributed by atoms with van der Waals surface area (Å²) in [5.74, 6) is 1.66. The van der Waals surface area contributed by atoms with Gasteiger partial charge in [-0.15, -0.1) is 0 Å². The van der Waals surface area contributed by atoms with E-state index in [4.69, 9.17) is 4.74 Å². The Morgan fingerprint density at radius 2 is 2.06 bits per heavy atom. The first-order valence-corrected chi connectivity index (χ1v) is 5.96. The molecule has 3 nitrogen and oxygen atoms in total. The molecule has 1 saturated heterocycles. The van der Waals surface area contributed by atoms with Crippen molar-refractivity contribution >= 4 is 0 Å². The van der Waals surface area contributed by atoms with Crippen molar-refractivity contribution in [3.8, 4) is 5.75 Å². The van der Waals surface area contributed by atoms with E-state index in [-0.39, 0.29) is 0 Å². The van der Waals surface area contributed by atoms with Crippen LogP contribution in [-0.4, -0.2) is 26.7 Å². The maximum absolute atomic E-state index is 5.44. The van der Waals surface area contributed by atoms with E-state index in [0.717, 1.165) is 25.4 Å². The predicted octanol–water partition coefficient (Wildman–Crippen LogP) is 1.57. The third kappa shape index (κ3) is 2.36. The van der Waals surface area contributed by atoms with Gasteiger partial charge in [-0.3, -0.25) is 0 Å². The fourth-order valence-corrected chi connectivity index (χ4v) is 2.16. The number of nitrogens with one attached hydrogen (secondary N) is 2. The summed E-state index contributed by atoms with van der Waals surface area (Å²) < 4.78 is 5.44. The summed E-state index contributed by atoms with van der Waals surface area (Å²) in [7, 11) is 2.03. The van der Waals surface area contributed by atoms with Crippen LogP contribution in [0, 0.1) is 5.92 Å². The lowest BCUT2D eigenvalue weighted by Gasteiger charge is -2.34. The van der Waals surface area contributed by atoms with Gasteiger partial charge < -0.3 is 15.4 Å². The topological polar surface area (TPSA) is 33.3 Å². The predicted molar refractivity (Wildman–Crippen MR) is 65.8 cm³/mol. The van der Waals surface area contributed by atoms with Gasteiger partial charge in [0.1, 0.15) is 5.75 Å². The summed E-state index contributed by atoms with van der Waals surface area (Å²) in [6, 6.07) is 8.87. The van der Waals surface area contributed by atoms with Crippen molar-refractivity contribution in [1.82, 2.24) is 10.6 Å². The molecule has 2 rings (SSSR count). The van der Waals surface area contributed by atoms with E-state index in [1.807, 2.05) is 14.0 Å². The second kappa shape index (κ2) is 5.32. The summed E-state index contributed by atoms with van der Waals surface area (Å²) in [6.07, 6.45) is 0. The number of rotatable bonds is 5. The van der Waals surface area contributed by atoms with E-state index in [9.17, 15) is 0 Å². The summed E-state index contributed by atoms with van der Waals surface area (Å²) >= 11 is 0. The highest BCUT2D eigenvalue weighted by molar-refractivity contribution is 5.30. The lowest BCUT2D eigenvalue weighted by atomic mass is 9.89. The van der Waals surface area contributed by atoms with E-state index in [1.165, 1.54) is 5.56 Å². The first kappa shape index (κ1) is 11.4. The van der Waals surface area contributed by atoms with Gasteiger partial charge in [0.05, 0.1) is 6.61 Å². The molecule has 1 atom stereocenters.